The molecule has 65 heavy (non-hydrogen) atoms. The molecule has 1 aliphatic heterocycles. The maximum atomic E-state index is 14.2. The number of ether oxygens (including phenoxy) is 10. The molecule has 1 saturated heterocycles. The summed E-state index contributed by atoms with van der Waals surface area (Å²) in [6, 6.07) is 0. The quantitative estimate of drug-likeness (QED) is 0.134. The lowest BCUT2D eigenvalue weighted by atomic mass is 9.96. The largest absolute Gasteiger partial charge is 0.461 e. The molecule has 0 bridgehead atoms. The van der Waals surface area contributed by atoms with E-state index in [9.17, 15) is 38.4 Å². The molecule has 1 aliphatic rings. The van der Waals surface area contributed by atoms with E-state index in [1.54, 1.807) is 83.1 Å². The Morgan fingerprint density at radius 1 is 0.400 bits per heavy atom. The Kier molecular flexibility index (Phi) is 18.7. The Bertz CT molecular complexity index is 1750. The Labute approximate surface area is 382 Å². The van der Waals surface area contributed by atoms with E-state index < -0.39 is 130 Å². The molecule has 22 nitrogen and oxygen atoms in total. The van der Waals surface area contributed by atoms with Gasteiger partial charge in [-0.3, -0.25) is 0 Å². The zero-order valence-corrected chi connectivity index (χ0v) is 41.9. The van der Waals surface area contributed by atoms with Crippen LogP contribution >= 0.6 is 0 Å². The Morgan fingerprint density at radius 3 is 0.938 bits per heavy atom. The SMILES string of the molecule is CO[C@H]1O[C@H](COC(=O)C(C)(C)NC(=O)OC(C)(C)C)[C@H](OC(=O)C(C)(C)NC(=O)OC(C)(C)C)[C@H](OC(=O)C(C)(C)NC(=O)OC(C)(C)C)[C@H]1OC(=O)C(C)(C)NC(=O)OC(C)(C)C. The number of esters is 4. The zero-order valence-electron chi connectivity index (χ0n) is 41.9. The van der Waals surface area contributed by atoms with Gasteiger partial charge in [0.15, 0.2) is 24.6 Å². The van der Waals surface area contributed by atoms with Gasteiger partial charge in [-0.15, -0.1) is 0 Å². The summed E-state index contributed by atoms with van der Waals surface area (Å²) in [6.45, 7) is 28.8. The molecule has 0 unspecified atom stereocenters. The number of amides is 4. The fourth-order valence-corrected chi connectivity index (χ4v) is 5.19. The van der Waals surface area contributed by atoms with Crippen LogP contribution in [0.5, 0.6) is 0 Å². The van der Waals surface area contributed by atoms with E-state index in [0.29, 0.717) is 0 Å². The number of hydrogen-bond acceptors (Lipinski definition) is 18. The van der Waals surface area contributed by atoms with Crippen molar-refractivity contribution in [3.8, 4) is 0 Å². The minimum Gasteiger partial charge on any atom is -0.461 e. The van der Waals surface area contributed by atoms with Gasteiger partial charge in [-0.2, -0.15) is 0 Å². The van der Waals surface area contributed by atoms with Crippen LogP contribution in [-0.2, 0) is 66.5 Å². The second-order valence-corrected chi connectivity index (χ2v) is 21.5. The van der Waals surface area contributed by atoms with E-state index >= 15 is 0 Å². The second kappa shape index (κ2) is 21.0. The Balaban J connectivity index is 3.99. The van der Waals surface area contributed by atoms with Gasteiger partial charge in [0.25, 0.3) is 0 Å². The molecular formula is C43H74N4O18. The van der Waals surface area contributed by atoms with Crippen molar-refractivity contribution >= 4 is 48.3 Å². The molecule has 0 aromatic heterocycles. The first-order valence-corrected chi connectivity index (χ1v) is 20.9. The third-order valence-electron chi connectivity index (χ3n) is 8.23. The first-order chi connectivity index (χ1) is 28.9. The minimum atomic E-state index is -1.94. The molecule has 0 spiro atoms. The Morgan fingerprint density at radius 2 is 0.662 bits per heavy atom. The molecule has 374 valence electrons. The predicted octanol–water partition coefficient (Wildman–Crippen LogP) is 4.85. The summed E-state index contributed by atoms with van der Waals surface area (Å²) in [6.07, 6.45) is -13.0. The minimum absolute atomic E-state index is 0.796. The van der Waals surface area contributed by atoms with Crippen LogP contribution in [0.25, 0.3) is 0 Å². The van der Waals surface area contributed by atoms with E-state index in [2.05, 4.69) is 21.3 Å². The lowest BCUT2D eigenvalue weighted by Gasteiger charge is -2.45. The molecule has 4 amide bonds. The van der Waals surface area contributed by atoms with Gasteiger partial charge in [-0.1, -0.05) is 0 Å². The summed E-state index contributed by atoms with van der Waals surface area (Å²) < 4.78 is 56.5. The van der Waals surface area contributed by atoms with Crippen LogP contribution in [-0.4, -0.2) is 137 Å². The summed E-state index contributed by atoms with van der Waals surface area (Å²) in [4.78, 5) is 107. The number of methoxy groups -OCH3 is 1. The van der Waals surface area contributed by atoms with E-state index in [0.717, 1.165) is 7.11 Å². The van der Waals surface area contributed by atoms with Gasteiger partial charge >= 0.3 is 48.3 Å². The van der Waals surface area contributed by atoms with Crippen molar-refractivity contribution in [3.05, 3.63) is 0 Å². The standard InChI is InChI=1S/C43H74N4O18/c1-36(2,3)62-32(52)44-40(13,14)28(48)57-22-23-24(59-29(49)41(15,16)45-33(53)63-37(4,5)6)25(60-30(50)42(17,18)46-34(54)64-38(7,8)9)26(27(56-21)58-23)61-31(51)43(19,20)47-35(55)65-39(10,11)12/h23-27H,22H2,1-21H3,(H,44,52)(H,45,53)(H,46,54)(H,47,55)/t23-,24+,25+,26-,27+/m1/s1. The lowest BCUT2D eigenvalue weighted by molar-refractivity contribution is -0.305. The maximum absolute atomic E-state index is 14.2. The van der Waals surface area contributed by atoms with Crippen LogP contribution in [0.1, 0.15) is 138 Å². The summed E-state index contributed by atoms with van der Waals surface area (Å²) in [5, 5.41) is 9.66. The third-order valence-corrected chi connectivity index (χ3v) is 8.23. The monoisotopic (exact) mass is 934 g/mol. The normalized spacial score (nSPS) is 19.9. The highest BCUT2D eigenvalue weighted by molar-refractivity contribution is 5.87. The second-order valence-electron chi connectivity index (χ2n) is 21.5. The maximum Gasteiger partial charge on any atom is 0.408 e. The zero-order chi connectivity index (χ0) is 51.1. The third kappa shape index (κ3) is 19.9. The fraction of sp³-hybridized carbons (Fsp3) is 0.814. The average Bonchev–Trinajstić information content (AvgIpc) is 3.03. The van der Waals surface area contributed by atoms with Crippen LogP contribution in [0.15, 0.2) is 0 Å². The van der Waals surface area contributed by atoms with Crippen LogP contribution in [0, 0.1) is 0 Å². The molecule has 1 fully saturated rings. The topological polar surface area (TPSA) is 277 Å². The summed E-state index contributed by atoms with van der Waals surface area (Å²) in [7, 11) is 1.14. The van der Waals surface area contributed by atoms with Crippen molar-refractivity contribution in [2.24, 2.45) is 0 Å². The number of carbonyl (C=O) groups excluding carboxylic acids is 8. The van der Waals surface area contributed by atoms with Gasteiger partial charge in [0, 0.05) is 7.11 Å². The molecule has 1 heterocycles. The molecule has 0 radical (unpaired) electrons. The van der Waals surface area contributed by atoms with Crippen molar-refractivity contribution in [3.63, 3.8) is 0 Å². The van der Waals surface area contributed by atoms with Gasteiger partial charge in [0.05, 0.1) is 0 Å². The van der Waals surface area contributed by atoms with Crippen molar-refractivity contribution in [1.82, 2.24) is 21.3 Å². The van der Waals surface area contributed by atoms with Crippen molar-refractivity contribution < 1.29 is 85.7 Å². The highest BCUT2D eigenvalue weighted by Gasteiger charge is 2.56. The van der Waals surface area contributed by atoms with E-state index in [-0.39, 0.29) is 0 Å². The lowest BCUT2D eigenvalue weighted by Crippen LogP contribution is -2.66. The first-order valence-electron chi connectivity index (χ1n) is 20.9. The summed E-state index contributed by atoms with van der Waals surface area (Å²) in [5.41, 5.74) is -11.2. The number of carbonyl (C=O) groups is 8. The van der Waals surface area contributed by atoms with Crippen LogP contribution in [0.2, 0.25) is 0 Å². The molecule has 5 atom stereocenters. The van der Waals surface area contributed by atoms with Gasteiger partial charge in [-0.25, -0.2) is 38.4 Å². The summed E-state index contributed by atoms with van der Waals surface area (Å²) >= 11 is 0. The van der Waals surface area contributed by atoms with E-state index in [1.807, 2.05) is 0 Å². The highest BCUT2D eigenvalue weighted by Crippen LogP contribution is 2.32. The molecule has 4 N–H and O–H groups in total. The van der Waals surface area contributed by atoms with Crippen molar-refractivity contribution in [1.29, 1.82) is 0 Å². The number of rotatable bonds is 14. The van der Waals surface area contributed by atoms with Crippen LogP contribution < -0.4 is 21.3 Å². The van der Waals surface area contributed by atoms with Gasteiger partial charge in [-0.05, 0) is 138 Å². The van der Waals surface area contributed by atoms with Gasteiger partial charge < -0.3 is 68.6 Å². The summed E-state index contributed by atoms with van der Waals surface area (Å²) in [5.74, 6) is -4.55. The molecule has 0 aromatic carbocycles. The van der Waals surface area contributed by atoms with Crippen molar-refractivity contribution in [2.45, 2.75) is 214 Å². The molecule has 0 saturated carbocycles. The van der Waals surface area contributed by atoms with E-state index in [4.69, 9.17) is 47.4 Å². The van der Waals surface area contributed by atoms with Crippen molar-refractivity contribution in [2.75, 3.05) is 13.7 Å². The van der Waals surface area contributed by atoms with Crippen LogP contribution in [0.3, 0.4) is 0 Å². The van der Waals surface area contributed by atoms with Gasteiger partial charge in [0.2, 0.25) is 0 Å². The van der Waals surface area contributed by atoms with E-state index in [1.165, 1.54) is 55.4 Å². The molecule has 0 aliphatic carbocycles. The first kappa shape index (κ1) is 57.9. The number of alkyl carbamates (subject to hydrolysis) is 4. The molecule has 1 rings (SSSR count). The number of hydrogen-bond donors (Lipinski definition) is 4. The van der Waals surface area contributed by atoms with Crippen LogP contribution in [0.4, 0.5) is 19.2 Å². The number of nitrogens with one attached hydrogen (secondary N) is 4. The fourth-order valence-electron chi connectivity index (χ4n) is 5.19. The smallest absolute Gasteiger partial charge is 0.408 e. The molecule has 0 aromatic rings. The highest BCUT2D eigenvalue weighted by atomic mass is 16.7. The molecular weight excluding hydrogens is 860 g/mol. The van der Waals surface area contributed by atoms with Gasteiger partial charge in [0.1, 0.15) is 57.3 Å². The molecule has 22 heteroatoms. The predicted molar refractivity (Wildman–Crippen MR) is 230 cm³/mol. The Hall–Kier alpha value is -5.12. The average molecular weight is 935 g/mol.